The summed E-state index contributed by atoms with van der Waals surface area (Å²) in [5.74, 6) is 0.735. The lowest BCUT2D eigenvalue weighted by atomic mass is 9.92. The van der Waals surface area contributed by atoms with Gasteiger partial charge < -0.3 is 5.73 Å². The van der Waals surface area contributed by atoms with Crippen LogP contribution in [0.15, 0.2) is 23.1 Å². The molecule has 0 saturated heterocycles. The van der Waals surface area contributed by atoms with Crippen LogP contribution in [0.5, 0.6) is 0 Å². The van der Waals surface area contributed by atoms with Crippen molar-refractivity contribution < 1.29 is 13.2 Å². The smallest absolute Gasteiger partial charge is 0.330 e. The van der Waals surface area contributed by atoms with Gasteiger partial charge in [0.25, 0.3) is 0 Å². The Kier molecular flexibility index (Phi) is 3.68. The van der Waals surface area contributed by atoms with Gasteiger partial charge in [0.05, 0.1) is 5.56 Å². The first kappa shape index (κ1) is 12.8. The van der Waals surface area contributed by atoms with Gasteiger partial charge in [0.15, 0.2) is 0 Å². The van der Waals surface area contributed by atoms with Crippen molar-refractivity contribution in [2.24, 2.45) is 5.73 Å². The van der Waals surface area contributed by atoms with Gasteiger partial charge in [0.1, 0.15) is 0 Å². The highest BCUT2D eigenvalue weighted by molar-refractivity contribution is 7.99. The van der Waals surface area contributed by atoms with Gasteiger partial charge >= 0.3 is 6.18 Å². The van der Waals surface area contributed by atoms with Gasteiger partial charge in [0, 0.05) is 10.6 Å². The summed E-state index contributed by atoms with van der Waals surface area (Å²) < 4.78 is 38.7. The molecule has 0 spiro atoms. The van der Waals surface area contributed by atoms with E-state index in [2.05, 4.69) is 0 Å². The lowest BCUT2D eigenvalue weighted by Gasteiger charge is -2.16. The first-order valence-electron chi connectivity index (χ1n) is 5.57. The maximum absolute atomic E-state index is 12.9. The van der Waals surface area contributed by atoms with E-state index in [-0.39, 0.29) is 5.92 Å². The Labute approximate surface area is 103 Å². The second kappa shape index (κ2) is 4.90. The third kappa shape index (κ3) is 2.60. The summed E-state index contributed by atoms with van der Waals surface area (Å²) >= 11 is 1.52. The summed E-state index contributed by atoms with van der Waals surface area (Å²) in [6, 6.07) is 4.44. The number of hydrogen-bond donors (Lipinski definition) is 1. The molecule has 1 aliphatic rings. The summed E-state index contributed by atoms with van der Waals surface area (Å²) in [5.41, 5.74) is 5.44. The van der Waals surface area contributed by atoms with Gasteiger partial charge in [-0.2, -0.15) is 13.2 Å². The van der Waals surface area contributed by atoms with E-state index >= 15 is 0 Å². The van der Waals surface area contributed by atoms with Crippen LogP contribution in [0.2, 0.25) is 0 Å². The number of alkyl halides is 3. The van der Waals surface area contributed by atoms with E-state index < -0.39 is 11.7 Å². The molecular weight excluding hydrogens is 247 g/mol. The minimum Gasteiger partial charge on any atom is -0.330 e. The number of fused-ring (bicyclic) bond motifs is 1. The standard InChI is InChI=1S/C12H14F3NS/c13-12(14,15)9-4-1-5-10-11(9)8(7-17-10)3-2-6-16/h1,4-5,8H,2-3,6-7,16H2. The first-order chi connectivity index (χ1) is 8.04. The molecule has 1 aliphatic heterocycles. The third-order valence-electron chi connectivity index (χ3n) is 2.98. The van der Waals surface area contributed by atoms with Crippen LogP contribution < -0.4 is 5.73 Å². The van der Waals surface area contributed by atoms with Gasteiger partial charge in [-0.25, -0.2) is 0 Å². The highest BCUT2D eigenvalue weighted by atomic mass is 32.2. The molecule has 0 saturated carbocycles. The van der Waals surface area contributed by atoms with Gasteiger partial charge in [-0.3, -0.25) is 0 Å². The maximum atomic E-state index is 12.9. The molecule has 1 unspecified atom stereocenters. The van der Waals surface area contributed by atoms with E-state index in [1.165, 1.54) is 23.9 Å². The fraction of sp³-hybridized carbons (Fsp3) is 0.500. The van der Waals surface area contributed by atoms with Crippen molar-refractivity contribution in [2.45, 2.75) is 29.8 Å². The van der Waals surface area contributed by atoms with Crippen LogP contribution >= 0.6 is 11.8 Å². The third-order valence-corrected chi connectivity index (χ3v) is 4.21. The lowest BCUT2D eigenvalue weighted by Crippen LogP contribution is -2.12. The molecule has 5 heteroatoms. The SMILES string of the molecule is NCCCC1CSc2cccc(C(F)(F)F)c21. The average Bonchev–Trinajstić information content (AvgIpc) is 2.68. The van der Waals surface area contributed by atoms with Gasteiger partial charge in [-0.1, -0.05) is 6.07 Å². The zero-order valence-electron chi connectivity index (χ0n) is 9.26. The molecule has 1 atom stereocenters. The molecule has 94 valence electrons. The molecular formula is C12H14F3NS. The van der Waals surface area contributed by atoms with Crippen molar-refractivity contribution in [3.05, 3.63) is 29.3 Å². The highest BCUT2D eigenvalue weighted by Gasteiger charge is 2.38. The van der Waals surface area contributed by atoms with Crippen molar-refractivity contribution in [3.63, 3.8) is 0 Å². The Balaban J connectivity index is 2.35. The lowest BCUT2D eigenvalue weighted by molar-refractivity contribution is -0.138. The van der Waals surface area contributed by atoms with Crippen LogP contribution in [0, 0.1) is 0 Å². The number of thioether (sulfide) groups is 1. The zero-order valence-corrected chi connectivity index (χ0v) is 10.1. The molecule has 17 heavy (non-hydrogen) atoms. The number of benzene rings is 1. The van der Waals surface area contributed by atoms with E-state index in [0.717, 1.165) is 23.5 Å². The molecule has 2 rings (SSSR count). The molecule has 0 bridgehead atoms. The second-order valence-corrected chi connectivity index (χ2v) is 5.22. The number of hydrogen-bond acceptors (Lipinski definition) is 2. The Morgan fingerprint density at radius 2 is 2.12 bits per heavy atom. The zero-order chi connectivity index (χ0) is 12.5. The maximum Gasteiger partial charge on any atom is 0.416 e. The largest absolute Gasteiger partial charge is 0.416 e. The minimum atomic E-state index is -4.25. The van der Waals surface area contributed by atoms with E-state index in [0.29, 0.717) is 12.1 Å². The number of halogens is 3. The number of rotatable bonds is 3. The predicted molar refractivity (Wildman–Crippen MR) is 63.2 cm³/mol. The van der Waals surface area contributed by atoms with Crippen molar-refractivity contribution in [1.82, 2.24) is 0 Å². The molecule has 0 radical (unpaired) electrons. The van der Waals surface area contributed by atoms with Gasteiger partial charge in [0.2, 0.25) is 0 Å². The Morgan fingerprint density at radius 1 is 1.35 bits per heavy atom. The van der Waals surface area contributed by atoms with Crippen LogP contribution in [-0.2, 0) is 6.18 Å². The van der Waals surface area contributed by atoms with Crippen LogP contribution in [0.3, 0.4) is 0 Å². The van der Waals surface area contributed by atoms with Crippen LogP contribution in [0.4, 0.5) is 13.2 Å². The molecule has 1 nitrogen and oxygen atoms in total. The Hall–Kier alpha value is -0.680. The van der Waals surface area contributed by atoms with Crippen molar-refractivity contribution in [3.8, 4) is 0 Å². The summed E-state index contributed by atoms with van der Waals surface area (Å²) in [5, 5.41) is 0. The molecule has 0 amide bonds. The van der Waals surface area contributed by atoms with Crippen LogP contribution in [0.25, 0.3) is 0 Å². The summed E-state index contributed by atoms with van der Waals surface area (Å²) in [6.45, 7) is 0.532. The summed E-state index contributed by atoms with van der Waals surface area (Å²) in [6.07, 6.45) is -2.74. The fourth-order valence-electron chi connectivity index (χ4n) is 2.20. The number of nitrogens with two attached hydrogens (primary N) is 1. The normalized spacial score (nSPS) is 19.4. The quantitative estimate of drug-likeness (QED) is 0.899. The molecule has 0 aliphatic carbocycles. The van der Waals surface area contributed by atoms with E-state index in [4.69, 9.17) is 5.73 Å². The van der Waals surface area contributed by atoms with Crippen molar-refractivity contribution >= 4 is 11.8 Å². The van der Waals surface area contributed by atoms with Crippen molar-refractivity contribution in [2.75, 3.05) is 12.3 Å². The highest BCUT2D eigenvalue weighted by Crippen LogP contribution is 2.47. The molecule has 1 heterocycles. The topological polar surface area (TPSA) is 26.0 Å². The molecule has 0 fully saturated rings. The monoisotopic (exact) mass is 261 g/mol. The molecule has 1 aromatic rings. The van der Waals surface area contributed by atoms with Crippen molar-refractivity contribution in [1.29, 1.82) is 0 Å². The van der Waals surface area contributed by atoms with E-state index in [9.17, 15) is 13.2 Å². The Morgan fingerprint density at radius 3 is 2.76 bits per heavy atom. The first-order valence-corrected chi connectivity index (χ1v) is 6.55. The molecule has 0 aromatic heterocycles. The predicted octanol–water partition coefficient (Wildman–Crippen LogP) is 3.63. The average molecular weight is 261 g/mol. The van der Waals surface area contributed by atoms with E-state index in [1.807, 2.05) is 0 Å². The second-order valence-electron chi connectivity index (χ2n) is 4.15. The fourth-order valence-corrected chi connectivity index (χ4v) is 3.52. The Bertz CT molecular complexity index is 403. The van der Waals surface area contributed by atoms with Gasteiger partial charge in [-0.05, 0) is 43.0 Å². The van der Waals surface area contributed by atoms with E-state index in [1.54, 1.807) is 6.07 Å². The summed E-state index contributed by atoms with van der Waals surface area (Å²) in [7, 11) is 0. The minimum absolute atomic E-state index is 0.00336. The summed E-state index contributed by atoms with van der Waals surface area (Å²) in [4.78, 5) is 0.779. The van der Waals surface area contributed by atoms with Crippen LogP contribution in [-0.4, -0.2) is 12.3 Å². The van der Waals surface area contributed by atoms with Crippen LogP contribution in [0.1, 0.15) is 29.9 Å². The van der Waals surface area contributed by atoms with Gasteiger partial charge in [-0.15, -0.1) is 11.8 Å². The molecule has 1 aromatic carbocycles. The molecule has 2 N–H and O–H groups in total.